The Labute approximate surface area is 242 Å². The molecule has 1 N–H and O–H groups in total. The first-order chi connectivity index (χ1) is 20.1. The Morgan fingerprint density at radius 3 is 2.76 bits per heavy atom. The number of anilines is 1. The van der Waals surface area contributed by atoms with E-state index in [9.17, 15) is 14.4 Å². The molecule has 11 nitrogen and oxygen atoms in total. The SMILES string of the molecule is Cc1cc(C#N)nn1-c1nc(-n2cnc3cc(N[C@@H]4CN(C(=O)OC(C)(C)C)C[C@@H]4F)ccc32)ccc1C1CCCO1. The topological polar surface area (TPSA) is 123 Å². The fraction of sp³-hybridized carbons (Fsp3) is 0.433. The number of hydrogen-bond donors (Lipinski definition) is 1. The zero-order chi connectivity index (χ0) is 29.6. The number of benzene rings is 1. The van der Waals surface area contributed by atoms with Crippen molar-refractivity contribution >= 4 is 22.8 Å². The molecule has 0 saturated carbocycles. The van der Waals surface area contributed by atoms with E-state index in [0.717, 1.165) is 29.6 Å². The maximum atomic E-state index is 14.9. The normalized spacial score (nSPS) is 20.7. The molecule has 0 radical (unpaired) electrons. The number of aryl methyl sites for hydroxylation is 1. The molecule has 2 fully saturated rings. The van der Waals surface area contributed by atoms with Gasteiger partial charge in [-0.25, -0.2) is 23.8 Å². The van der Waals surface area contributed by atoms with Gasteiger partial charge in [0.15, 0.2) is 11.5 Å². The number of nitrogens with zero attached hydrogens (tertiary/aromatic N) is 7. The average molecular weight is 573 g/mol. The number of alkyl halides is 1. The van der Waals surface area contributed by atoms with Gasteiger partial charge in [0, 0.05) is 30.1 Å². The third-order valence-corrected chi connectivity index (χ3v) is 7.42. The molecule has 3 atom stereocenters. The second kappa shape index (κ2) is 10.7. The molecule has 0 spiro atoms. The van der Waals surface area contributed by atoms with Gasteiger partial charge >= 0.3 is 6.09 Å². The number of rotatable bonds is 5. The first-order valence-electron chi connectivity index (χ1n) is 14.1. The summed E-state index contributed by atoms with van der Waals surface area (Å²) < 4.78 is 29.8. The maximum absolute atomic E-state index is 14.9. The number of hydrogen-bond acceptors (Lipinski definition) is 8. The van der Waals surface area contributed by atoms with Crippen molar-refractivity contribution in [2.45, 2.75) is 64.5 Å². The molecule has 1 aromatic carbocycles. The van der Waals surface area contributed by atoms with Crippen LogP contribution in [0.3, 0.4) is 0 Å². The average Bonchev–Trinajstić information content (AvgIpc) is 3.75. The highest BCUT2D eigenvalue weighted by atomic mass is 19.1. The summed E-state index contributed by atoms with van der Waals surface area (Å²) in [7, 11) is 0. The van der Waals surface area contributed by atoms with Crippen LogP contribution in [0.15, 0.2) is 42.7 Å². The molecule has 1 unspecified atom stereocenters. The number of nitriles is 1. The van der Waals surface area contributed by atoms with Crippen LogP contribution >= 0.6 is 0 Å². The molecule has 2 aliphatic rings. The van der Waals surface area contributed by atoms with E-state index in [-0.39, 0.29) is 19.2 Å². The Morgan fingerprint density at radius 2 is 2.05 bits per heavy atom. The molecule has 42 heavy (non-hydrogen) atoms. The number of ether oxygens (including phenoxy) is 2. The summed E-state index contributed by atoms with van der Waals surface area (Å²) in [6, 6.07) is 12.8. The third kappa shape index (κ3) is 5.39. The second-order valence-corrected chi connectivity index (χ2v) is 11.7. The quantitative estimate of drug-likeness (QED) is 0.354. The third-order valence-electron chi connectivity index (χ3n) is 7.42. The molecule has 0 bridgehead atoms. The number of likely N-dealkylation sites (tertiary alicyclic amines) is 1. The molecule has 0 aliphatic carbocycles. The number of pyridine rings is 1. The van der Waals surface area contributed by atoms with Gasteiger partial charge in [0.25, 0.3) is 0 Å². The minimum absolute atomic E-state index is 0.0229. The van der Waals surface area contributed by atoms with Crippen LogP contribution in [0.2, 0.25) is 0 Å². The molecule has 5 heterocycles. The number of imidazole rings is 1. The van der Waals surface area contributed by atoms with E-state index in [1.807, 2.05) is 41.8 Å². The standard InChI is InChI=1S/C30H33FN8O3/c1-18-12-20(14-32)36-39(18)28-21(26-6-5-11-41-26)8-10-27(35-28)38-17-33-23-13-19(7-9-25(23)38)34-24-16-37(15-22(24)31)29(40)42-30(2,3)4/h7-10,12-13,17,22,24,26,34H,5-6,11,15-16H2,1-4H3/t22-,24+,26?/m0/s1. The molecule has 218 valence electrons. The number of amides is 1. The van der Waals surface area contributed by atoms with Crippen molar-refractivity contribution < 1.29 is 18.7 Å². The van der Waals surface area contributed by atoms with Crippen molar-refractivity contribution in [2.24, 2.45) is 0 Å². The Kier molecular flexibility index (Phi) is 7.06. The van der Waals surface area contributed by atoms with Crippen molar-refractivity contribution in [3.63, 3.8) is 0 Å². The summed E-state index contributed by atoms with van der Waals surface area (Å²) >= 11 is 0. The van der Waals surface area contributed by atoms with Gasteiger partial charge in [-0.05, 0) is 76.9 Å². The summed E-state index contributed by atoms with van der Waals surface area (Å²) in [6.45, 7) is 8.12. The number of halogens is 1. The van der Waals surface area contributed by atoms with Gasteiger partial charge in [0.2, 0.25) is 0 Å². The van der Waals surface area contributed by atoms with Crippen LogP contribution in [0.25, 0.3) is 22.7 Å². The van der Waals surface area contributed by atoms with Crippen molar-refractivity contribution in [3.05, 3.63) is 59.7 Å². The molecule has 2 saturated heterocycles. The molecule has 4 aromatic rings. The summed E-state index contributed by atoms with van der Waals surface area (Å²) in [5.74, 6) is 1.25. The lowest BCUT2D eigenvalue weighted by molar-refractivity contribution is 0.0283. The fourth-order valence-corrected chi connectivity index (χ4v) is 5.45. The highest BCUT2D eigenvalue weighted by Gasteiger charge is 2.37. The molecule has 6 rings (SSSR count). The van der Waals surface area contributed by atoms with Crippen LogP contribution in [0.5, 0.6) is 0 Å². The van der Waals surface area contributed by atoms with Crippen LogP contribution in [-0.2, 0) is 9.47 Å². The molecular formula is C30H33FN8O3. The van der Waals surface area contributed by atoms with Gasteiger partial charge in [0.1, 0.15) is 30.0 Å². The van der Waals surface area contributed by atoms with E-state index in [1.54, 1.807) is 37.8 Å². The van der Waals surface area contributed by atoms with Crippen molar-refractivity contribution in [2.75, 3.05) is 25.0 Å². The zero-order valence-electron chi connectivity index (χ0n) is 24.0. The number of nitrogens with one attached hydrogen (secondary N) is 1. The van der Waals surface area contributed by atoms with E-state index in [0.29, 0.717) is 35.1 Å². The van der Waals surface area contributed by atoms with Gasteiger partial charge in [-0.3, -0.25) is 4.57 Å². The van der Waals surface area contributed by atoms with Crippen molar-refractivity contribution in [3.8, 4) is 17.7 Å². The van der Waals surface area contributed by atoms with E-state index in [2.05, 4.69) is 21.5 Å². The Morgan fingerprint density at radius 1 is 1.21 bits per heavy atom. The number of aromatic nitrogens is 5. The minimum atomic E-state index is -1.23. The molecule has 2 aliphatic heterocycles. The Hall–Kier alpha value is -4.50. The van der Waals surface area contributed by atoms with Gasteiger partial charge in [-0.15, -0.1) is 0 Å². The van der Waals surface area contributed by atoms with Crippen LogP contribution in [0.4, 0.5) is 14.9 Å². The van der Waals surface area contributed by atoms with E-state index < -0.39 is 23.9 Å². The van der Waals surface area contributed by atoms with E-state index in [4.69, 9.17) is 14.5 Å². The largest absolute Gasteiger partial charge is 0.444 e. The van der Waals surface area contributed by atoms with E-state index >= 15 is 0 Å². The maximum Gasteiger partial charge on any atom is 0.410 e. The number of fused-ring (bicyclic) bond motifs is 1. The fourth-order valence-electron chi connectivity index (χ4n) is 5.45. The minimum Gasteiger partial charge on any atom is -0.444 e. The molecule has 3 aromatic heterocycles. The van der Waals surface area contributed by atoms with Gasteiger partial charge in [-0.1, -0.05) is 0 Å². The lowest BCUT2D eigenvalue weighted by Crippen LogP contribution is -2.36. The highest BCUT2D eigenvalue weighted by molar-refractivity contribution is 5.81. The molecule has 1 amide bonds. The van der Waals surface area contributed by atoms with Crippen LogP contribution in [0, 0.1) is 18.3 Å². The Bertz CT molecular complexity index is 1680. The Balaban J connectivity index is 1.27. The number of carbonyl (C=O) groups excluding carboxylic acids is 1. The van der Waals surface area contributed by atoms with Crippen molar-refractivity contribution in [1.82, 2.24) is 29.2 Å². The highest BCUT2D eigenvalue weighted by Crippen LogP contribution is 2.33. The van der Waals surface area contributed by atoms with Crippen LogP contribution in [-0.4, -0.2) is 72.8 Å². The number of carbonyl (C=O) groups is 1. The summed E-state index contributed by atoms with van der Waals surface area (Å²) in [6.07, 6.45) is 1.71. The zero-order valence-corrected chi connectivity index (χ0v) is 24.0. The van der Waals surface area contributed by atoms with Gasteiger partial charge < -0.3 is 19.7 Å². The molecule has 12 heteroatoms. The van der Waals surface area contributed by atoms with Crippen molar-refractivity contribution in [1.29, 1.82) is 5.26 Å². The first-order valence-corrected chi connectivity index (χ1v) is 14.1. The van der Waals surface area contributed by atoms with Gasteiger partial charge in [0.05, 0.1) is 29.7 Å². The molecular weight excluding hydrogens is 539 g/mol. The summed E-state index contributed by atoms with van der Waals surface area (Å²) in [5, 5.41) is 17.1. The first kappa shape index (κ1) is 27.7. The second-order valence-electron chi connectivity index (χ2n) is 11.7. The van der Waals surface area contributed by atoms with E-state index in [1.165, 1.54) is 4.90 Å². The lowest BCUT2D eigenvalue weighted by atomic mass is 10.1. The smallest absolute Gasteiger partial charge is 0.410 e. The lowest BCUT2D eigenvalue weighted by Gasteiger charge is -2.24. The predicted molar refractivity (Wildman–Crippen MR) is 153 cm³/mol. The predicted octanol–water partition coefficient (Wildman–Crippen LogP) is 5.01. The summed E-state index contributed by atoms with van der Waals surface area (Å²) in [4.78, 5) is 23.4. The summed E-state index contributed by atoms with van der Waals surface area (Å²) in [5.41, 5.74) is 3.60. The monoisotopic (exact) mass is 572 g/mol. The van der Waals surface area contributed by atoms with Crippen LogP contribution in [0.1, 0.15) is 56.7 Å². The van der Waals surface area contributed by atoms with Gasteiger partial charge in [-0.2, -0.15) is 10.4 Å². The van der Waals surface area contributed by atoms with Crippen LogP contribution < -0.4 is 5.32 Å².